The van der Waals surface area contributed by atoms with Crippen molar-refractivity contribution in [1.82, 2.24) is 0 Å². The van der Waals surface area contributed by atoms with E-state index in [0.717, 1.165) is 22.3 Å². The van der Waals surface area contributed by atoms with Gasteiger partial charge in [-0.1, -0.05) is 36.5 Å². The third kappa shape index (κ3) is 25.4. The fourth-order valence-corrected chi connectivity index (χ4v) is 1.91. The average molecular weight is 523 g/mol. The maximum Gasteiger partial charge on any atom is 0.128 e. The zero-order valence-corrected chi connectivity index (χ0v) is 23.7. The first kappa shape index (κ1) is 32.4. The van der Waals surface area contributed by atoms with Gasteiger partial charge in [0.2, 0.25) is 0 Å². The quantitative estimate of drug-likeness (QED) is 0.107. The summed E-state index contributed by atoms with van der Waals surface area (Å²) in [6.07, 6.45) is 0. The Morgan fingerprint density at radius 2 is 0.606 bits per heavy atom. The Bertz CT molecular complexity index is 778. The van der Waals surface area contributed by atoms with Crippen molar-refractivity contribution >= 4 is 29.2 Å². The molecule has 0 radical (unpaired) electrons. The molecule has 4 aromatic carbocycles. The van der Waals surface area contributed by atoms with Crippen molar-refractivity contribution in [3.63, 3.8) is 0 Å². The molecule has 0 aromatic heterocycles. The second kappa shape index (κ2) is 22.4. The summed E-state index contributed by atoms with van der Waals surface area (Å²) in [6, 6.07) is 39.5. The molecule has 4 heteroatoms. The van der Waals surface area contributed by atoms with Crippen LogP contribution in [-0.4, -0.2) is 4.32 Å². The Balaban J connectivity index is 0. The summed E-state index contributed by atoms with van der Waals surface area (Å²) in [5.41, 5.74) is 8.99. The van der Waals surface area contributed by atoms with Gasteiger partial charge < -0.3 is 5.73 Å². The smallest absolute Gasteiger partial charge is 0.128 e. The molecule has 0 saturated heterocycles. The van der Waals surface area contributed by atoms with E-state index in [0.29, 0.717) is 0 Å². The van der Waals surface area contributed by atoms with Crippen molar-refractivity contribution < 1.29 is 19.5 Å². The van der Waals surface area contributed by atoms with Crippen molar-refractivity contribution in [2.24, 2.45) is 5.73 Å². The Hall–Kier alpha value is -2.78. The maximum atomic E-state index is 4.71. The number of hydrogen-bond donors (Lipinski definition) is 2. The maximum absolute atomic E-state index is 4.71. The van der Waals surface area contributed by atoms with Gasteiger partial charge in [0.05, 0.1) is 0 Å². The van der Waals surface area contributed by atoms with E-state index in [1.807, 2.05) is 121 Å². The van der Waals surface area contributed by atoms with Crippen LogP contribution in [0.25, 0.3) is 0 Å². The SMILES string of the molecule is NC(=S)S.[CH2-]c1ccccc1.[CH2-]c1ccccc1.[CH2-]c1ccccc1.[CH2-]c1ccccc1.[Zn]. The fraction of sp³-hybridized carbons (Fsp3) is 0. The Kier molecular flexibility index (Phi) is 22.0. The molecule has 0 aliphatic rings. The van der Waals surface area contributed by atoms with E-state index in [-0.39, 0.29) is 23.8 Å². The Labute approximate surface area is 224 Å². The molecule has 170 valence electrons. The molecule has 0 amide bonds. The van der Waals surface area contributed by atoms with Crippen LogP contribution in [0.5, 0.6) is 0 Å². The zero-order chi connectivity index (χ0) is 24.0. The number of thiol groups is 1. The van der Waals surface area contributed by atoms with E-state index in [9.17, 15) is 0 Å². The monoisotopic (exact) mass is 521 g/mol. The van der Waals surface area contributed by atoms with Crippen molar-refractivity contribution in [3.8, 4) is 0 Å². The summed E-state index contributed by atoms with van der Waals surface area (Å²) in [7, 11) is 0. The van der Waals surface area contributed by atoms with E-state index in [1.54, 1.807) is 0 Å². The van der Waals surface area contributed by atoms with Gasteiger partial charge in [0.1, 0.15) is 4.32 Å². The molecule has 4 aromatic rings. The van der Waals surface area contributed by atoms with Crippen molar-refractivity contribution in [3.05, 3.63) is 171 Å². The van der Waals surface area contributed by atoms with Gasteiger partial charge in [-0.15, -0.1) is 61.2 Å². The van der Waals surface area contributed by atoms with Gasteiger partial charge in [-0.05, 0) is 0 Å². The summed E-state index contributed by atoms with van der Waals surface area (Å²) in [4.78, 5) is 0. The topological polar surface area (TPSA) is 26.0 Å². The summed E-state index contributed by atoms with van der Waals surface area (Å²) in [5.74, 6) is 0. The summed E-state index contributed by atoms with van der Waals surface area (Å²) >= 11 is 7.65. The largest absolute Gasteiger partial charge is 0.385 e. The molecule has 0 fully saturated rings. The number of thiocarbonyl (C=S) groups is 1. The molecular formula is C29H31NS2Zn-4. The number of nitrogens with two attached hydrogens (primary N) is 1. The van der Waals surface area contributed by atoms with Gasteiger partial charge in [0.15, 0.2) is 0 Å². The van der Waals surface area contributed by atoms with E-state index in [2.05, 4.69) is 52.5 Å². The van der Waals surface area contributed by atoms with E-state index in [1.165, 1.54) is 0 Å². The molecular weight excluding hydrogens is 492 g/mol. The van der Waals surface area contributed by atoms with Crippen molar-refractivity contribution in [1.29, 1.82) is 0 Å². The van der Waals surface area contributed by atoms with Crippen molar-refractivity contribution in [2.45, 2.75) is 0 Å². The Morgan fingerprint density at radius 3 is 0.667 bits per heavy atom. The van der Waals surface area contributed by atoms with Gasteiger partial charge in [-0.25, -0.2) is 0 Å². The molecule has 0 unspecified atom stereocenters. The van der Waals surface area contributed by atoms with Crippen LogP contribution < -0.4 is 5.73 Å². The van der Waals surface area contributed by atoms with Crippen LogP contribution in [0.2, 0.25) is 0 Å². The number of benzene rings is 4. The van der Waals surface area contributed by atoms with Crippen LogP contribution in [0.15, 0.2) is 121 Å². The average Bonchev–Trinajstić information content (AvgIpc) is 2.77. The molecule has 0 bridgehead atoms. The summed E-state index contributed by atoms with van der Waals surface area (Å²) in [6.45, 7) is 14.9. The standard InChI is InChI=1S/4C7H7.CH3NS2.Zn/c4*1-7-5-3-2-4-6-7;2-1(3)4;/h4*2-6H,1H2;(H3,2,3,4);/q4*-1;;. The number of hydrogen-bond acceptors (Lipinski definition) is 1. The zero-order valence-electron chi connectivity index (χ0n) is 19.0. The molecule has 2 N–H and O–H groups in total. The summed E-state index contributed by atoms with van der Waals surface area (Å²) < 4.78 is 0.194. The first-order chi connectivity index (χ1) is 15.3. The molecule has 0 aliphatic carbocycles. The van der Waals surface area contributed by atoms with E-state index >= 15 is 0 Å². The van der Waals surface area contributed by atoms with Crippen molar-refractivity contribution in [2.75, 3.05) is 0 Å². The van der Waals surface area contributed by atoms with Crippen LogP contribution in [0.3, 0.4) is 0 Å². The molecule has 0 atom stereocenters. The second-order valence-corrected chi connectivity index (χ2v) is 7.50. The molecule has 0 heterocycles. The van der Waals surface area contributed by atoms with Gasteiger partial charge >= 0.3 is 0 Å². The first-order valence-electron chi connectivity index (χ1n) is 9.77. The predicted molar refractivity (Wildman–Crippen MR) is 149 cm³/mol. The van der Waals surface area contributed by atoms with Crippen LogP contribution in [-0.2, 0) is 19.5 Å². The minimum Gasteiger partial charge on any atom is -0.385 e. The Morgan fingerprint density at radius 1 is 0.485 bits per heavy atom. The summed E-state index contributed by atoms with van der Waals surface area (Å²) in [5, 5.41) is 0. The van der Waals surface area contributed by atoms with Crippen LogP contribution in [0, 0.1) is 27.7 Å². The fourth-order valence-electron chi connectivity index (χ4n) is 1.91. The predicted octanol–water partition coefficient (Wildman–Crippen LogP) is 7.63. The van der Waals surface area contributed by atoms with Gasteiger partial charge in [0, 0.05) is 19.5 Å². The van der Waals surface area contributed by atoms with E-state index < -0.39 is 0 Å². The van der Waals surface area contributed by atoms with Gasteiger partial charge in [-0.3, -0.25) is 0 Å². The van der Waals surface area contributed by atoms with Crippen LogP contribution in [0.1, 0.15) is 22.3 Å². The van der Waals surface area contributed by atoms with Gasteiger partial charge in [-0.2, -0.15) is 98.5 Å². The minimum atomic E-state index is 0. The molecule has 0 saturated carbocycles. The van der Waals surface area contributed by atoms with Crippen LogP contribution in [0.4, 0.5) is 0 Å². The van der Waals surface area contributed by atoms with E-state index in [4.69, 9.17) is 5.73 Å². The van der Waals surface area contributed by atoms with Gasteiger partial charge in [0.25, 0.3) is 0 Å². The third-order valence-corrected chi connectivity index (χ3v) is 3.37. The first-order valence-corrected chi connectivity index (χ1v) is 10.6. The molecule has 0 aliphatic heterocycles. The molecule has 1 nitrogen and oxygen atoms in total. The minimum absolute atomic E-state index is 0. The van der Waals surface area contributed by atoms with Crippen LogP contribution >= 0.6 is 24.8 Å². The molecule has 33 heavy (non-hydrogen) atoms. The normalized spacial score (nSPS) is 8.03. The third-order valence-electron chi connectivity index (χ3n) is 3.37. The molecule has 0 spiro atoms. The molecule has 4 rings (SSSR count). The second-order valence-electron chi connectivity index (χ2n) is 6.28. The number of rotatable bonds is 0.